The molecule has 0 aliphatic rings. The summed E-state index contributed by atoms with van der Waals surface area (Å²) in [6, 6.07) is 19.0. The van der Waals surface area contributed by atoms with Crippen molar-refractivity contribution in [3.05, 3.63) is 112 Å². The van der Waals surface area contributed by atoms with Crippen molar-refractivity contribution in [2.75, 3.05) is 0 Å². The van der Waals surface area contributed by atoms with E-state index >= 15 is 0 Å². The average Bonchev–Trinajstić information content (AvgIpc) is 3.70. The van der Waals surface area contributed by atoms with Crippen LogP contribution in [0.3, 0.4) is 0 Å². The molecule has 0 amide bonds. The second-order valence-electron chi connectivity index (χ2n) is 9.48. The van der Waals surface area contributed by atoms with E-state index in [1.165, 1.54) is 20.9 Å². The average molecular weight is 529 g/mol. The maximum absolute atomic E-state index is 4.81. The lowest BCUT2D eigenvalue weighted by Gasteiger charge is -2.05. The standard InChI is InChI=1S/C32H28N6S/c1-4-27-26(16-20(2)24-17-23(18-33-19-24)12-11-22-8-6-5-7-9-22)30(38-37-27)32-35-29-25(14-15-34-31(29)36-32)28-13-10-21(3)39-28/h4-10,13-19,37H,2,11-12H2,1,3H3,(H,34,35,36)/b26-16+,27-4+. The highest BCUT2D eigenvalue weighted by Crippen LogP contribution is 2.32. The molecule has 6 aromatic rings. The molecular weight excluding hydrogens is 500 g/mol. The van der Waals surface area contributed by atoms with Crippen LogP contribution in [0.1, 0.15) is 28.5 Å². The second-order valence-corrected chi connectivity index (χ2v) is 10.8. The predicted octanol–water partition coefficient (Wildman–Crippen LogP) is 5.86. The van der Waals surface area contributed by atoms with Gasteiger partial charge in [0.15, 0.2) is 11.5 Å². The molecule has 0 bridgehead atoms. The molecule has 0 aliphatic carbocycles. The van der Waals surface area contributed by atoms with E-state index in [1.54, 1.807) is 17.5 Å². The zero-order valence-electron chi connectivity index (χ0n) is 21.9. The predicted molar refractivity (Wildman–Crippen MR) is 160 cm³/mol. The Morgan fingerprint density at radius 1 is 1.03 bits per heavy atom. The first-order chi connectivity index (χ1) is 19.1. The monoisotopic (exact) mass is 528 g/mol. The summed E-state index contributed by atoms with van der Waals surface area (Å²) < 4.78 is 0. The first-order valence-electron chi connectivity index (χ1n) is 12.9. The van der Waals surface area contributed by atoms with Crippen LogP contribution in [0.25, 0.3) is 50.8 Å². The summed E-state index contributed by atoms with van der Waals surface area (Å²) in [6.07, 6.45) is 11.5. The summed E-state index contributed by atoms with van der Waals surface area (Å²) in [5.74, 6) is 0.663. The smallest absolute Gasteiger partial charge is 0.178 e. The van der Waals surface area contributed by atoms with Gasteiger partial charge in [0.05, 0.1) is 10.9 Å². The molecule has 6 rings (SSSR count). The van der Waals surface area contributed by atoms with Crippen molar-refractivity contribution in [1.29, 1.82) is 0 Å². The largest absolute Gasteiger partial charge is 0.335 e. The van der Waals surface area contributed by atoms with Gasteiger partial charge in [0, 0.05) is 39.1 Å². The zero-order chi connectivity index (χ0) is 26.8. The molecule has 39 heavy (non-hydrogen) atoms. The minimum absolute atomic E-state index is 0.663. The van der Waals surface area contributed by atoms with E-state index in [9.17, 15) is 0 Å². The Morgan fingerprint density at radius 2 is 1.87 bits per heavy atom. The van der Waals surface area contributed by atoms with Gasteiger partial charge in [-0.2, -0.15) is 5.10 Å². The number of rotatable bonds is 7. The Hall–Kier alpha value is -4.62. The van der Waals surface area contributed by atoms with Gasteiger partial charge in [-0.1, -0.05) is 43.0 Å². The van der Waals surface area contributed by atoms with Gasteiger partial charge in [0.25, 0.3) is 0 Å². The van der Waals surface area contributed by atoms with Crippen molar-refractivity contribution in [3.63, 3.8) is 0 Å². The van der Waals surface area contributed by atoms with Gasteiger partial charge in [0.1, 0.15) is 5.69 Å². The highest BCUT2D eigenvalue weighted by Gasteiger charge is 2.15. The number of aryl methyl sites for hydroxylation is 3. The number of nitrogens with zero attached hydrogens (tertiary/aromatic N) is 4. The first kappa shape index (κ1) is 24.7. The molecule has 0 saturated heterocycles. The number of thiophene rings is 1. The Bertz CT molecular complexity index is 1910. The van der Waals surface area contributed by atoms with E-state index in [1.807, 2.05) is 37.5 Å². The van der Waals surface area contributed by atoms with Crippen molar-refractivity contribution in [2.45, 2.75) is 26.7 Å². The highest BCUT2D eigenvalue weighted by molar-refractivity contribution is 7.15. The Balaban J connectivity index is 1.35. The van der Waals surface area contributed by atoms with Gasteiger partial charge < -0.3 is 4.98 Å². The number of aromatic nitrogens is 6. The third kappa shape index (κ3) is 5.09. The second kappa shape index (κ2) is 10.6. The van der Waals surface area contributed by atoms with E-state index in [2.05, 4.69) is 87.2 Å². The van der Waals surface area contributed by atoms with Crippen LogP contribution in [0, 0.1) is 6.92 Å². The van der Waals surface area contributed by atoms with Crippen LogP contribution in [0.2, 0.25) is 0 Å². The fourth-order valence-corrected chi connectivity index (χ4v) is 5.61. The molecule has 0 saturated carbocycles. The summed E-state index contributed by atoms with van der Waals surface area (Å²) in [6.45, 7) is 8.47. The fraction of sp³-hybridized carbons (Fsp3) is 0.125. The molecule has 0 unspecified atom stereocenters. The number of aromatic amines is 2. The number of benzene rings is 1. The normalized spacial score (nSPS) is 12.5. The molecule has 0 atom stereocenters. The van der Waals surface area contributed by atoms with E-state index < -0.39 is 0 Å². The molecule has 7 heteroatoms. The van der Waals surface area contributed by atoms with E-state index in [0.29, 0.717) is 11.5 Å². The van der Waals surface area contributed by atoms with Crippen LogP contribution in [0.4, 0.5) is 0 Å². The molecule has 0 aliphatic heterocycles. The first-order valence-corrected chi connectivity index (χ1v) is 13.7. The quantitative estimate of drug-likeness (QED) is 0.272. The molecule has 0 fully saturated rings. The van der Waals surface area contributed by atoms with Crippen molar-refractivity contribution >= 4 is 40.2 Å². The van der Waals surface area contributed by atoms with Crippen LogP contribution < -0.4 is 10.6 Å². The fourth-order valence-electron chi connectivity index (χ4n) is 4.71. The molecule has 192 valence electrons. The van der Waals surface area contributed by atoms with Crippen molar-refractivity contribution in [1.82, 2.24) is 30.1 Å². The van der Waals surface area contributed by atoms with Crippen molar-refractivity contribution in [3.8, 4) is 22.0 Å². The number of hydrogen-bond acceptors (Lipinski definition) is 5. The number of H-pyrrole nitrogens is 2. The summed E-state index contributed by atoms with van der Waals surface area (Å²) in [7, 11) is 0. The van der Waals surface area contributed by atoms with Gasteiger partial charge >= 0.3 is 0 Å². The Labute approximate surface area is 230 Å². The van der Waals surface area contributed by atoms with E-state index in [0.717, 1.165) is 51.3 Å². The lowest BCUT2D eigenvalue weighted by atomic mass is 10.0. The number of hydrogen-bond donors (Lipinski definition) is 2. The van der Waals surface area contributed by atoms with Crippen LogP contribution in [-0.4, -0.2) is 30.1 Å². The molecule has 0 radical (unpaired) electrons. The molecule has 6 nitrogen and oxygen atoms in total. The lowest BCUT2D eigenvalue weighted by Crippen LogP contribution is -2.23. The topological polar surface area (TPSA) is 83.1 Å². The molecule has 5 heterocycles. The molecule has 1 aromatic carbocycles. The molecule has 0 spiro atoms. The Morgan fingerprint density at radius 3 is 2.67 bits per heavy atom. The minimum Gasteiger partial charge on any atom is -0.335 e. The number of nitrogens with one attached hydrogen (secondary N) is 2. The van der Waals surface area contributed by atoms with Crippen LogP contribution in [0.5, 0.6) is 0 Å². The number of imidazole rings is 1. The number of pyridine rings is 2. The van der Waals surface area contributed by atoms with Crippen LogP contribution in [-0.2, 0) is 12.8 Å². The summed E-state index contributed by atoms with van der Waals surface area (Å²) in [4.78, 5) is 19.8. The third-order valence-corrected chi connectivity index (χ3v) is 7.81. The van der Waals surface area contributed by atoms with Crippen LogP contribution >= 0.6 is 11.3 Å². The Kier molecular flexibility index (Phi) is 6.73. The van der Waals surface area contributed by atoms with Gasteiger partial charge in [-0.05, 0) is 79.3 Å². The minimum atomic E-state index is 0.663. The summed E-state index contributed by atoms with van der Waals surface area (Å²) in [5, 5.41) is 9.60. The lowest BCUT2D eigenvalue weighted by molar-refractivity contribution is 0.949. The molecule has 2 N–H and O–H groups in total. The van der Waals surface area contributed by atoms with E-state index in [4.69, 9.17) is 4.98 Å². The van der Waals surface area contributed by atoms with Gasteiger partial charge in [-0.15, -0.1) is 11.3 Å². The maximum atomic E-state index is 4.81. The SMILES string of the molecule is C=C(/C=c1/c(-c2nc3nccc(-c4ccc(C)s4)c3[nH]2)n[nH]/c1=C/C)c1cncc(CCc2ccccc2)c1. The number of allylic oxidation sites excluding steroid dienone is 1. The maximum Gasteiger partial charge on any atom is 0.178 e. The highest BCUT2D eigenvalue weighted by atomic mass is 32.1. The molecule has 5 aromatic heterocycles. The third-order valence-electron chi connectivity index (χ3n) is 6.77. The zero-order valence-corrected chi connectivity index (χ0v) is 22.7. The summed E-state index contributed by atoms with van der Waals surface area (Å²) in [5.41, 5.74) is 7.72. The molecular formula is C32H28N6S. The number of fused-ring (bicyclic) bond motifs is 1. The van der Waals surface area contributed by atoms with Crippen molar-refractivity contribution < 1.29 is 0 Å². The van der Waals surface area contributed by atoms with E-state index in [-0.39, 0.29) is 0 Å². The summed E-state index contributed by atoms with van der Waals surface area (Å²) >= 11 is 1.75. The van der Waals surface area contributed by atoms with Crippen LogP contribution in [0.15, 0.2) is 79.8 Å². The van der Waals surface area contributed by atoms with Gasteiger partial charge in [-0.25, -0.2) is 9.97 Å². The van der Waals surface area contributed by atoms with Gasteiger partial charge in [0.2, 0.25) is 0 Å². The van der Waals surface area contributed by atoms with Crippen molar-refractivity contribution in [2.24, 2.45) is 0 Å². The van der Waals surface area contributed by atoms with Gasteiger partial charge in [-0.3, -0.25) is 10.1 Å².